The molecule has 0 spiro atoms. The van der Waals surface area contributed by atoms with Gasteiger partial charge in [0.25, 0.3) is 0 Å². The Morgan fingerprint density at radius 2 is 1.88 bits per heavy atom. The minimum absolute atomic E-state index is 0.0882. The van der Waals surface area contributed by atoms with Gasteiger partial charge in [-0.25, -0.2) is 8.42 Å². The number of sulfone groups is 1. The van der Waals surface area contributed by atoms with Crippen molar-refractivity contribution in [1.82, 2.24) is 15.5 Å². The molecule has 2 N–H and O–H groups in total. The van der Waals surface area contributed by atoms with Crippen LogP contribution in [0.2, 0.25) is 0 Å². The van der Waals surface area contributed by atoms with Gasteiger partial charge in [0.05, 0.1) is 4.90 Å². The number of nitrogens with zero attached hydrogens (tertiary/aromatic N) is 1. The minimum atomic E-state index is -3.66. The molecule has 3 rings (SSSR count). The number of aromatic nitrogens is 2. The van der Waals surface area contributed by atoms with Crippen molar-refractivity contribution in [3.63, 3.8) is 0 Å². The number of hydrogen-bond acceptors (Lipinski definition) is 5. The van der Waals surface area contributed by atoms with Crippen molar-refractivity contribution < 1.29 is 13.2 Å². The van der Waals surface area contributed by atoms with Gasteiger partial charge in [0.1, 0.15) is 17.9 Å². The molecule has 0 aliphatic rings. The lowest BCUT2D eigenvalue weighted by Gasteiger charge is -2.08. The van der Waals surface area contributed by atoms with Crippen LogP contribution >= 0.6 is 0 Å². The maximum Gasteiger partial charge on any atom is 0.223 e. The number of nitrogens with one attached hydrogen (secondary N) is 2. The normalized spacial score (nSPS) is 11.7. The molecule has 0 saturated heterocycles. The first kappa shape index (κ1) is 18.4. The van der Waals surface area contributed by atoms with E-state index in [0.29, 0.717) is 23.3 Å². The van der Waals surface area contributed by atoms with Crippen LogP contribution in [-0.2, 0) is 9.84 Å². The third kappa shape index (κ3) is 3.89. The average molecular weight is 373 g/mol. The Kier molecular flexibility index (Phi) is 5.90. The van der Waals surface area contributed by atoms with Gasteiger partial charge >= 0.3 is 0 Å². The Balaban J connectivity index is 1.81. The molecule has 0 amide bonds. The smallest absolute Gasteiger partial charge is 0.223 e. The van der Waals surface area contributed by atoms with Crippen molar-refractivity contribution in [2.75, 3.05) is 19.7 Å². The van der Waals surface area contributed by atoms with E-state index in [0.717, 1.165) is 25.9 Å². The third-order valence-corrected chi connectivity index (χ3v) is 5.82. The molecule has 3 aromatic rings. The first-order valence-electron chi connectivity index (χ1n) is 8.75. The Morgan fingerprint density at radius 3 is 2.65 bits per heavy atom. The molecular weight excluding hydrogens is 350 g/mol. The summed E-state index contributed by atoms with van der Waals surface area (Å²) in [4.78, 5) is 0.233. The second-order valence-corrected chi connectivity index (χ2v) is 7.86. The van der Waals surface area contributed by atoms with Gasteiger partial charge in [0.2, 0.25) is 9.84 Å². The number of aromatic amines is 1. The highest BCUT2D eigenvalue weighted by Gasteiger charge is 2.23. The standard InChI is InChI=1S/C19H23N3O3S/c1-2-3-12-20-13-14-25-17-11-7-10-16-18(17)21-22-19(16)26(23,24)15-8-5-4-6-9-15/h4-11,20H,2-3,12-14H2,1H3,(H,21,22). The van der Waals surface area contributed by atoms with Gasteiger partial charge in [0.15, 0.2) is 5.03 Å². The number of H-pyrrole nitrogens is 1. The molecule has 0 fully saturated rings. The van der Waals surface area contributed by atoms with E-state index >= 15 is 0 Å². The molecule has 1 heterocycles. The summed E-state index contributed by atoms with van der Waals surface area (Å²) in [6, 6.07) is 13.6. The number of ether oxygens (including phenoxy) is 1. The molecule has 6 nitrogen and oxygen atoms in total. The largest absolute Gasteiger partial charge is 0.490 e. The summed E-state index contributed by atoms with van der Waals surface area (Å²) in [6.45, 7) is 4.34. The molecule has 0 atom stereocenters. The third-order valence-electron chi connectivity index (χ3n) is 4.08. The lowest BCUT2D eigenvalue weighted by molar-refractivity contribution is 0.316. The van der Waals surface area contributed by atoms with E-state index < -0.39 is 9.84 Å². The fourth-order valence-electron chi connectivity index (χ4n) is 2.69. The molecule has 0 radical (unpaired) electrons. The predicted molar refractivity (Wildman–Crippen MR) is 101 cm³/mol. The molecule has 0 aliphatic carbocycles. The molecular formula is C19H23N3O3S. The molecule has 0 aliphatic heterocycles. The molecule has 26 heavy (non-hydrogen) atoms. The summed E-state index contributed by atoms with van der Waals surface area (Å²) < 4.78 is 31.5. The fourth-order valence-corrected chi connectivity index (χ4v) is 4.06. The second-order valence-electron chi connectivity index (χ2n) is 5.97. The number of rotatable bonds is 9. The first-order chi connectivity index (χ1) is 12.6. The van der Waals surface area contributed by atoms with Crippen LogP contribution in [0, 0.1) is 0 Å². The molecule has 2 aromatic carbocycles. The van der Waals surface area contributed by atoms with Gasteiger partial charge in [-0.15, -0.1) is 0 Å². The van der Waals surface area contributed by atoms with Crippen LogP contribution in [0.25, 0.3) is 10.9 Å². The number of benzene rings is 2. The molecule has 0 bridgehead atoms. The van der Waals surface area contributed by atoms with Crippen LogP contribution in [0.15, 0.2) is 58.5 Å². The van der Waals surface area contributed by atoms with Crippen molar-refractivity contribution in [1.29, 1.82) is 0 Å². The van der Waals surface area contributed by atoms with Crippen LogP contribution < -0.4 is 10.1 Å². The number of hydrogen-bond donors (Lipinski definition) is 2. The van der Waals surface area contributed by atoms with E-state index in [4.69, 9.17) is 4.74 Å². The Bertz CT molecular complexity index is 953. The van der Waals surface area contributed by atoms with E-state index in [9.17, 15) is 8.42 Å². The van der Waals surface area contributed by atoms with Gasteiger partial charge in [-0.2, -0.15) is 5.10 Å². The van der Waals surface area contributed by atoms with Crippen LogP contribution in [0.4, 0.5) is 0 Å². The molecule has 0 unspecified atom stereocenters. The average Bonchev–Trinajstić information content (AvgIpc) is 3.11. The summed E-state index contributed by atoms with van der Waals surface area (Å²) in [5.41, 5.74) is 0.524. The number of fused-ring (bicyclic) bond motifs is 1. The Hall–Kier alpha value is -2.38. The van der Waals surface area contributed by atoms with Crippen LogP contribution in [0.3, 0.4) is 0 Å². The quantitative estimate of drug-likeness (QED) is 0.563. The summed E-state index contributed by atoms with van der Waals surface area (Å²) in [6.07, 6.45) is 2.29. The van der Waals surface area contributed by atoms with Crippen molar-refractivity contribution >= 4 is 20.7 Å². The van der Waals surface area contributed by atoms with Crippen LogP contribution in [0.1, 0.15) is 19.8 Å². The maximum absolute atomic E-state index is 12.9. The first-order valence-corrected chi connectivity index (χ1v) is 10.2. The van der Waals surface area contributed by atoms with Crippen LogP contribution in [-0.4, -0.2) is 38.3 Å². The van der Waals surface area contributed by atoms with Gasteiger partial charge < -0.3 is 10.1 Å². The SMILES string of the molecule is CCCCNCCOc1cccc2c(S(=O)(=O)c3ccccc3)[nH]nc12. The predicted octanol–water partition coefficient (Wildman–Crippen LogP) is 3.16. The maximum atomic E-state index is 12.9. The number of unbranched alkanes of at least 4 members (excludes halogenated alkanes) is 1. The Labute approximate surface area is 153 Å². The van der Waals surface area contributed by atoms with E-state index in [2.05, 4.69) is 22.4 Å². The summed E-state index contributed by atoms with van der Waals surface area (Å²) in [5, 5.41) is 10.8. The van der Waals surface area contributed by atoms with Gasteiger partial charge in [-0.05, 0) is 37.2 Å². The molecule has 7 heteroatoms. The zero-order valence-corrected chi connectivity index (χ0v) is 15.6. The lowest BCUT2D eigenvalue weighted by atomic mass is 10.2. The molecule has 1 aromatic heterocycles. The van der Waals surface area contributed by atoms with Crippen LogP contribution in [0.5, 0.6) is 5.75 Å². The minimum Gasteiger partial charge on any atom is -0.490 e. The zero-order chi connectivity index (χ0) is 18.4. The lowest BCUT2D eigenvalue weighted by Crippen LogP contribution is -2.22. The number of para-hydroxylation sites is 1. The zero-order valence-electron chi connectivity index (χ0n) is 14.7. The highest BCUT2D eigenvalue weighted by atomic mass is 32.2. The highest BCUT2D eigenvalue weighted by molar-refractivity contribution is 7.91. The van der Waals surface area contributed by atoms with Gasteiger partial charge in [0, 0.05) is 11.9 Å². The molecule has 138 valence electrons. The van der Waals surface area contributed by atoms with Crippen molar-refractivity contribution in [2.45, 2.75) is 29.7 Å². The topological polar surface area (TPSA) is 84.1 Å². The van der Waals surface area contributed by atoms with E-state index in [1.165, 1.54) is 0 Å². The van der Waals surface area contributed by atoms with Gasteiger partial charge in [-0.3, -0.25) is 5.10 Å². The summed E-state index contributed by atoms with van der Waals surface area (Å²) >= 11 is 0. The summed E-state index contributed by atoms with van der Waals surface area (Å²) in [7, 11) is -3.66. The van der Waals surface area contributed by atoms with E-state index in [1.807, 2.05) is 0 Å². The fraction of sp³-hybridized carbons (Fsp3) is 0.316. The van der Waals surface area contributed by atoms with Crippen molar-refractivity contribution in [3.05, 3.63) is 48.5 Å². The van der Waals surface area contributed by atoms with E-state index in [1.54, 1.807) is 48.5 Å². The summed E-state index contributed by atoms with van der Waals surface area (Å²) in [5.74, 6) is 0.575. The second kappa shape index (κ2) is 8.33. The van der Waals surface area contributed by atoms with Gasteiger partial charge in [-0.1, -0.05) is 37.6 Å². The van der Waals surface area contributed by atoms with E-state index in [-0.39, 0.29) is 9.92 Å². The molecule has 0 saturated carbocycles. The van der Waals surface area contributed by atoms with Crippen molar-refractivity contribution in [2.24, 2.45) is 0 Å². The Morgan fingerprint density at radius 1 is 1.08 bits per heavy atom. The van der Waals surface area contributed by atoms with Crippen molar-refractivity contribution in [3.8, 4) is 5.75 Å². The monoisotopic (exact) mass is 373 g/mol. The highest BCUT2D eigenvalue weighted by Crippen LogP contribution is 2.30.